The minimum Gasteiger partial charge on any atom is -0.496 e. The largest absolute Gasteiger partial charge is 0.496 e. The predicted molar refractivity (Wildman–Crippen MR) is 75.4 cm³/mol. The standard InChI is InChI=1S/C14H17FN4O/c1-20-12-6-2-5-10(15)13(12)11(19-17)8-9-4-3-7-18-14(9)16/h2-7,11,19H,8,17H2,1H3,(H2,16,18). The molecule has 1 heterocycles. The van der Waals surface area contributed by atoms with Gasteiger partial charge in [-0.1, -0.05) is 12.1 Å². The van der Waals surface area contributed by atoms with Gasteiger partial charge in [0.15, 0.2) is 0 Å². The molecule has 106 valence electrons. The molecule has 2 aromatic rings. The van der Waals surface area contributed by atoms with Gasteiger partial charge in [0.05, 0.1) is 13.2 Å². The van der Waals surface area contributed by atoms with Gasteiger partial charge >= 0.3 is 0 Å². The fourth-order valence-corrected chi connectivity index (χ4v) is 2.12. The molecule has 1 unspecified atom stereocenters. The number of nitrogens with zero attached hydrogens (tertiary/aromatic N) is 1. The van der Waals surface area contributed by atoms with Crippen LogP contribution in [0.15, 0.2) is 36.5 Å². The number of pyridine rings is 1. The van der Waals surface area contributed by atoms with Crippen molar-refractivity contribution in [2.75, 3.05) is 12.8 Å². The smallest absolute Gasteiger partial charge is 0.131 e. The van der Waals surface area contributed by atoms with Crippen LogP contribution in [0.4, 0.5) is 10.2 Å². The number of benzene rings is 1. The second-order valence-electron chi connectivity index (χ2n) is 4.33. The Hall–Kier alpha value is -2.18. The van der Waals surface area contributed by atoms with Crippen LogP contribution in [0.3, 0.4) is 0 Å². The molecule has 1 aromatic heterocycles. The molecule has 5 nitrogen and oxygen atoms in total. The number of anilines is 1. The molecule has 0 aliphatic heterocycles. The van der Waals surface area contributed by atoms with Gasteiger partial charge in [-0.25, -0.2) is 9.37 Å². The molecule has 1 aromatic carbocycles. The van der Waals surface area contributed by atoms with E-state index in [0.717, 1.165) is 5.56 Å². The molecule has 0 radical (unpaired) electrons. The predicted octanol–water partition coefficient (Wildman–Crippen LogP) is 1.56. The third kappa shape index (κ3) is 2.87. The van der Waals surface area contributed by atoms with Crippen molar-refractivity contribution in [3.8, 4) is 5.75 Å². The van der Waals surface area contributed by atoms with Crippen LogP contribution < -0.4 is 21.7 Å². The van der Waals surface area contributed by atoms with Crippen molar-refractivity contribution >= 4 is 5.82 Å². The lowest BCUT2D eigenvalue weighted by molar-refractivity contribution is 0.390. The molecule has 0 saturated carbocycles. The number of nitrogens with two attached hydrogens (primary N) is 2. The lowest BCUT2D eigenvalue weighted by atomic mass is 9.98. The first-order valence-electron chi connectivity index (χ1n) is 6.15. The van der Waals surface area contributed by atoms with Crippen molar-refractivity contribution in [3.63, 3.8) is 0 Å². The van der Waals surface area contributed by atoms with E-state index in [2.05, 4.69) is 10.4 Å². The van der Waals surface area contributed by atoms with Crippen molar-refractivity contribution < 1.29 is 9.13 Å². The van der Waals surface area contributed by atoms with E-state index in [1.807, 2.05) is 6.07 Å². The molecule has 0 spiro atoms. The number of hydrazine groups is 1. The molecule has 0 amide bonds. The van der Waals surface area contributed by atoms with Crippen molar-refractivity contribution in [2.24, 2.45) is 5.84 Å². The minimum absolute atomic E-state index is 0.376. The summed E-state index contributed by atoms with van der Waals surface area (Å²) in [5.41, 5.74) is 9.58. The number of nitrogens with one attached hydrogen (secondary N) is 1. The van der Waals surface area contributed by atoms with Gasteiger partial charge in [0, 0.05) is 11.8 Å². The number of aromatic nitrogens is 1. The number of methoxy groups -OCH3 is 1. The third-order valence-electron chi connectivity index (χ3n) is 3.13. The second kappa shape index (κ2) is 6.31. The van der Waals surface area contributed by atoms with Crippen LogP contribution in [0.25, 0.3) is 0 Å². The van der Waals surface area contributed by atoms with Crippen LogP contribution in [0.5, 0.6) is 5.75 Å². The molecule has 0 fully saturated rings. The molecule has 0 bridgehead atoms. The summed E-state index contributed by atoms with van der Waals surface area (Å²) < 4.78 is 19.2. The number of nitrogen functional groups attached to an aromatic ring is 1. The Balaban J connectivity index is 2.36. The Morgan fingerprint density at radius 3 is 2.80 bits per heavy atom. The maximum Gasteiger partial charge on any atom is 0.131 e. The van der Waals surface area contributed by atoms with Crippen LogP contribution >= 0.6 is 0 Å². The zero-order valence-electron chi connectivity index (χ0n) is 11.1. The van der Waals surface area contributed by atoms with Gasteiger partial charge in [0.1, 0.15) is 17.4 Å². The lowest BCUT2D eigenvalue weighted by Crippen LogP contribution is -2.31. The Labute approximate surface area is 116 Å². The summed E-state index contributed by atoms with van der Waals surface area (Å²) in [4.78, 5) is 4.01. The Morgan fingerprint density at radius 2 is 2.15 bits per heavy atom. The molecule has 2 rings (SSSR count). The monoisotopic (exact) mass is 276 g/mol. The second-order valence-corrected chi connectivity index (χ2v) is 4.33. The van der Waals surface area contributed by atoms with Gasteiger partial charge in [-0.05, 0) is 30.2 Å². The quantitative estimate of drug-likeness (QED) is 0.570. The minimum atomic E-state index is -0.461. The number of ether oxygens (including phenoxy) is 1. The molecule has 5 N–H and O–H groups in total. The summed E-state index contributed by atoms with van der Waals surface area (Å²) in [5.74, 6) is 6.03. The topological polar surface area (TPSA) is 86.2 Å². The van der Waals surface area contributed by atoms with E-state index in [-0.39, 0.29) is 5.82 Å². The van der Waals surface area contributed by atoms with Gasteiger partial charge < -0.3 is 10.5 Å². The van der Waals surface area contributed by atoms with Crippen LogP contribution in [0, 0.1) is 5.82 Å². The first-order chi connectivity index (χ1) is 9.67. The maximum absolute atomic E-state index is 14.1. The molecule has 0 aliphatic carbocycles. The molecule has 20 heavy (non-hydrogen) atoms. The van der Waals surface area contributed by atoms with E-state index < -0.39 is 6.04 Å². The lowest BCUT2D eigenvalue weighted by Gasteiger charge is -2.20. The summed E-state index contributed by atoms with van der Waals surface area (Å²) in [5, 5.41) is 0. The van der Waals surface area contributed by atoms with Gasteiger partial charge in [-0.15, -0.1) is 0 Å². The summed E-state index contributed by atoms with van der Waals surface area (Å²) >= 11 is 0. The van der Waals surface area contributed by atoms with Crippen LogP contribution in [-0.4, -0.2) is 12.1 Å². The van der Waals surface area contributed by atoms with E-state index in [1.54, 1.807) is 24.4 Å². The van der Waals surface area contributed by atoms with E-state index in [9.17, 15) is 4.39 Å². The molecule has 0 saturated heterocycles. The zero-order valence-corrected chi connectivity index (χ0v) is 11.1. The molecule has 6 heteroatoms. The number of rotatable bonds is 5. The van der Waals surface area contributed by atoms with Crippen molar-refractivity contribution in [1.29, 1.82) is 0 Å². The van der Waals surface area contributed by atoms with Crippen LogP contribution in [0.1, 0.15) is 17.2 Å². The highest BCUT2D eigenvalue weighted by Crippen LogP contribution is 2.30. The molecule has 1 atom stereocenters. The number of hydrogen-bond acceptors (Lipinski definition) is 5. The normalized spacial score (nSPS) is 12.2. The van der Waals surface area contributed by atoms with E-state index in [4.69, 9.17) is 16.3 Å². The summed E-state index contributed by atoms with van der Waals surface area (Å²) in [6, 6.07) is 7.80. The van der Waals surface area contributed by atoms with Crippen molar-refractivity contribution in [1.82, 2.24) is 10.4 Å². The first kappa shape index (κ1) is 14.2. The number of halogens is 1. The number of hydrogen-bond donors (Lipinski definition) is 3. The van der Waals surface area contributed by atoms with E-state index in [0.29, 0.717) is 23.6 Å². The zero-order chi connectivity index (χ0) is 14.5. The fraction of sp³-hybridized carbons (Fsp3) is 0.214. The van der Waals surface area contributed by atoms with Crippen molar-refractivity contribution in [3.05, 3.63) is 53.5 Å². The SMILES string of the molecule is COc1cccc(F)c1C(Cc1cccnc1N)NN. The average Bonchev–Trinajstić information content (AvgIpc) is 2.47. The summed E-state index contributed by atoms with van der Waals surface area (Å²) in [7, 11) is 1.49. The van der Waals surface area contributed by atoms with Gasteiger partial charge in [-0.3, -0.25) is 11.3 Å². The highest BCUT2D eigenvalue weighted by Gasteiger charge is 2.20. The van der Waals surface area contributed by atoms with E-state index >= 15 is 0 Å². The maximum atomic E-state index is 14.1. The van der Waals surface area contributed by atoms with Crippen LogP contribution in [-0.2, 0) is 6.42 Å². The highest BCUT2D eigenvalue weighted by molar-refractivity contribution is 5.42. The highest BCUT2D eigenvalue weighted by atomic mass is 19.1. The van der Waals surface area contributed by atoms with Gasteiger partial charge in [-0.2, -0.15) is 0 Å². The van der Waals surface area contributed by atoms with Gasteiger partial charge in [0.2, 0.25) is 0 Å². The Morgan fingerprint density at radius 1 is 1.35 bits per heavy atom. The average molecular weight is 276 g/mol. The molecule has 0 aliphatic rings. The first-order valence-corrected chi connectivity index (χ1v) is 6.15. The third-order valence-corrected chi connectivity index (χ3v) is 3.13. The van der Waals surface area contributed by atoms with Gasteiger partial charge in [0.25, 0.3) is 0 Å². The Bertz CT molecular complexity index is 591. The Kier molecular flexibility index (Phi) is 4.49. The van der Waals surface area contributed by atoms with Crippen molar-refractivity contribution in [2.45, 2.75) is 12.5 Å². The fourth-order valence-electron chi connectivity index (χ4n) is 2.12. The van der Waals surface area contributed by atoms with Crippen LogP contribution in [0.2, 0.25) is 0 Å². The van der Waals surface area contributed by atoms with E-state index in [1.165, 1.54) is 13.2 Å². The molecular weight excluding hydrogens is 259 g/mol. The summed E-state index contributed by atoms with van der Waals surface area (Å²) in [6.07, 6.45) is 2.01. The summed E-state index contributed by atoms with van der Waals surface area (Å²) in [6.45, 7) is 0. The molecular formula is C14H17FN4O.